The van der Waals surface area contributed by atoms with Crippen LogP contribution < -0.4 is 11.1 Å². The third kappa shape index (κ3) is 5.02. The number of hydrogen-bond donors (Lipinski definition) is 2. The second-order valence-corrected chi connectivity index (χ2v) is 4.57. The minimum atomic E-state index is -0.266. The van der Waals surface area contributed by atoms with E-state index in [1.807, 2.05) is 0 Å². The Hall–Kier alpha value is -0.650. The fourth-order valence-corrected chi connectivity index (χ4v) is 2.03. The van der Waals surface area contributed by atoms with Gasteiger partial charge in [-0.15, -0.1) is 0 Å². The van der Waals surface area contributed by atoms with Crippen LogP contribution >= 0.6 is 0 Å². The number of ether oxygens (including phenoxy) is 1. The molecule has 1 saturated heterocycles. The van der Waals surface area contributed by atoms with Crippen LogP contribution in [0.4, 0.5) is 0 Å². The van der Waals surface area contributed by atoms with Crippen LogP contribution in [0.15, 0.2) is 0 Å². The molecule has 17 heavy (non-hydrogen) atoms. The van der Waals surface area contributed by atoms with Gasteiger partial charge in [0.15, 0.2) is 0 Å². The molecular formula is C12H25N3O2. The monoisotopic (exact) mass is 243 g/mol. The summed E-state index contributed by atoms with van der Waals surface area (Å²) in [5.41, 5.74) is 5.40. The molecule has 1 aliphatic heterocycles. The molecule has 0 radical (unpaired) electrons. The predicted molar refractivity (Wildman–Crippen MR) is 67.7 cm³/mol. The number of nitrogens with one attached hydrogen (secondary N) is 1. The first-order valence-electron chi connectivity index (χ1n) is 6.54. The number of hydrogen-bond acceptors (Lipinski definition) is 4. The van der Waals surface area contributed by atoms with Crippen molar-refractivity contribution in [3.8, 4) is 0 Å². The van der Waals surface area contributed by atoms with E-state index in [2.05, 4.69) is 24.1 Å². The van der Waals surface area contributed by atoms with Crippen LogP contribution in [0.2, 0.25) is 0 Å². The molecule has 5 nitrogen and oxygen atoms in total. The van der Waals surface area contributed by atoms with E-state index in [1.165, 1.54) is 0 Å². The van der Waals surface area contributed by atoms with Gasteiger partial charge in [-0.05, 0) is 19.4 Å². The fourth-order valence-electron chi connectivity index (χ4n) is 2.03. The Labute approximate surface area is 104 Å². The zero-order valence-electron chi connectivity index (χ0n) is 10.9. The summed E-state index contributed by atoms with van der Waals surface area (Å²) in [6, 6.07) is -0.245. The van der Waals surface area contributed by atoms with Crippen LogP contribution in [0.5, 0.6) is 0 Å². The van der Waals surface area contributed by atoms with E-state index < -0.39 is 0 Å². The van der Waals surface area contributed by atoms with Crippen molar-refractivity contribution in [1.29, 1.82) is 0 Å². The highest BCUT2D eigenvalue weighted by atomic mass is 16.5. The largest absolute Gasteiger partial charge is 0.376 e. The molecule has 1 amide bonds. The molecule has 1 heterocycles. The van der Waals surface area contributed by atoms with Gasteiger partial charge in [-0.2, -0.15) is 0 Å². The van der Waals surface area contributed by atoms with Gasteiger partial charge in [-0.1, -0.05) is 13.8 Å². The van der Waals surface area contributed by atoms with E-state index in [0.29, 0.717) is 12.6 Å². The fraction of sp³-hybridized carbons (Fsp3) is 0.917. The lowest BCUT2D eigenvalue weighted by Gasteiger charge is -2.34. The van der Waals surface area contributed by atoms with Crippen molar-refractivity contribution < 1.29 is 9.53 Å². The van der Waals surface area contributed by atoms with Crippen LogP contribution in [0.1, 0.15) is 26.7 Å². The summed E-state index contributed by atoms with van der Waals surface area (Å²) in [6.45, 7) is 8.24. The van der Waals surface area contributed by atoms with Crippen molar-refractivity contribution in [3.05, 3.63) is 0 Å². The zero-order valence-corrected chi connectivity index (χ0v) is 10.9. The van der Waals surface area contributed by atoms with Gasteiger partial charge in [0, 0.05) is 19.6 Å². The van der Waals surface area contributed by atoms with Gasteiger partial charge in [0.2, 0.25) is 5.91 Å². The Kier molecular flexibility index (Phi) is 6.47. The summed E-state index contributed by atoms with van der Waals surface area (Å²) in [7, 11) is 0. The quantitative estimate of drug-likeness (QED) is 0.658. The Morgan fingerprint density at radius 3 is 2.94 bits per heavy atom. The normalized spacial score (nSPS) is 23.5. The maximum Gasteiger partial charge on any atom is 0.235 e. The first-order valence-corrected chi connectivity index (χ1v) is 6.54. The van der Waals surface area contributed by atoms with Crippen molar-refractivity contribution in [1.82, 2.24) is 10.2 Å². The van der Waals surface area contributed by atoms with Crippen LogP contribution in [-0.2, 0) is 9.53 Å². The molecular weight excluding hydrogens is 218 g/mol. The highest BCUT2D eigenvalue weighted by molar-refractivity contribution is 5.80. The lowest BCUT2D eigenvalue weighted by atomic mass is 10.2. The predicted octanol–water partition coefficient (Wildman–Crippen LogP) is -0.0493. The molecule has 100 valence electrons. The Morgan fingerprint density at radius 2 is 2.35 bits per heavy atom. The highest BCUT2D eigenvalue weighted by Crippen LogP contribution is 2.08. The van der Waals surface area contributed by atoms with Crippen LogP contribution in [-0.4, -0.2) is 55.7 Å². The highest BCUT2D eigenvalue weighted by Gasteiger charge is 2.23. The molecule has 1 fully saturated rings. The number of carbonyl (C=O) groups excluding carboxylic acids is 1. The molecule has 2 unspecified atom stereocenters. The average Bonchev–Trinajstić information content (AvgIpc) is 2.34. The summed E-state index contributed by atoms with van der Waals surface area (Å²) in [4.78, 5) is 13.6. The maximum absolute atomic E-state index is 11.3. The molecule has 3 N–H and O–H groups in total. The topological polar surface area (TPSA) is 67.6 Å². The third-order valence-corrected chi connectivity index (χ3v) is 3.10. The number of nitrogens with zero attached hydrogens (tertiary/aromatic N) is 1. The van der Waals surface area contributed by atoms with E-state index in [-0.39, 0.29) is 11.9 Å². The van der Waals surface area contributed by atoms with E-state index in [1.54, 1.807) is 0 Å². The number of amides is 1. The lowest BCUT2D eigenvalue weighted by molar-refractivity contribution is -0.121. The third-order valence-electron chi connectivity index (χ3n) is 3.10. The van der Waals surface area contributed by atoms with Crippen molar-refractivity contribution in [3.63, 3.8) is 0 Å². The number of nitrogens with two attached hydrogens (primary N) is 1. The first-order chi connectivity index (χ1) is 8.17. The average molecular weight is 243 g/mol. The van der Waals surface area contributed by atoms with Gasteiger partial charge in [-0.25, -0.2) is 0 Å². The molecule has 0 aromatic carbocycles. The lowest BCUT2D eigenvalue weighted by Crippen LogP contribution is -2.53. The SMILES string of the molecule is CCCNC(CN1CCOC(CC)C1)C(N)=O. The van der Waals surface area contributed by atoms with Gasteiger partial charge < -0.3 is 15.8 Å². The first kappa shape index (κ1) is 14.4. The second-order valence-electron chi connectivity index (χ2n) is 4.57. The van der Waals surface area contributed by atoms with Crippen molar-refractivity contribution in [2.24, 2.45) is 5.73 Å². The summed E-state index contributed by atoms with van der Waals surface area (Å²) >= 11 is 0. The van der Waals surface area contributed by atoms with Gasteiger partial charge in [-0.3, -0.25) is 9.69 Å². The molecule has 0 aliphatic carbocycles. The standard InChI is InChI=1S/C12H25N3O2/c1-3-5-14-11(12(13)16)9-15-6-7-17-10(4-2)8-15/h10-11,14H,3-9H2,1-2H3,(H2,13,16). The number of morpholine rings is 1. The van der Waals surface area contributed by atoms with Crippen LogP contribution in [0, 0.1) is 0 Å². The van der Waals surface area contributed by atoms with E-state index in [9.17, 15) is 4.79 Å². The Morgan fingerprint density at radius 1 is 1.59 bits per heavy atom. The molecule has 0 saturated carbocycles. The summed E-state index contributed by atoms with van der Waals surface area (Å²) in [6.07, 6.45) is 2.31. The van der Waals surface area contributed by atoms with Crippen LogP contribution in [0.3, 0.4) is 0 Å². The Balaban J connectivity index is 2.40. The van der Waals surface area contributed by atoms with Gasteiger partial charge in [0.05, 0.1) is 18.8 Å². The van der Waals surface area contributed by atoms with Crippen molar-refractivity contribution in [2.45, 2.75) is 38.8 Å². The van der Waals surface area contributed by atoms with Gasteiger partial charge in [0.1, 0.15) is 0 Å². The molecule has 1 aliphatic rings. The number of primary amides is 1. The number of carbonyl (C=O) groups is 1. The summed E-state index contributed by atoms with van der Waals surface area (Å²) in [5.74, 6) is -0.266. The molecule has 5 heteroatoms. The smallest absolute Gasteiger partial charge is 0.235 e. The molecule has 0 aromatic rings. The Bertz CT molecular complexity index is 236. The summed E-state index contributed by atoms with van der Waals surface area (Å²) < 4.78 is 5.60. The molecule has 0 spiro atoms. The molecule has 2 atom stereocenters. The maximum atomic E-state index is 11.3. The summed E-state index contributed by atoms with van der Waals surface area (Å²) in [5, 5.41) is 3.19. The van der Waals surface area contributed by atoms with Crippen molar-refractivity contribution >= 4 is 5.91 Å². The minimum absolute atomic E-state index is 0.245. The molecule has 1 rings (SSSR count). The van der Waals surface area contributed by atoms with E-state index in [0.717, 1.165) is 39.1 Å². The van der Waals surface area contributed by atoms with Crippen molar-refractivity contribution in [2.75, 3.05) is 32.8 Å². The van der Waals surface area contributed by atoms with Crippen LogP contribution in [0.25, 0.3) is 0 Å². The van der Waals surface area contributed by atoms with Gasteiger partial charge >= 0.3 is 0 Å². The molecule has 0 bridgehead atoms. The molecule has 0 aromatic heterocycles. The van der Waals surface area contributed by atoms with E-state index in [4.69, 9.17) is 10.5 Å². The second kappa shape index (κ2) is 7.63. The van der Waals surface area contributed by atoms with E-state index >= 15 is 0 Å². The number of rotatable bonds is 7. The minimum Gasteiger partial charge on any atom is -0.376 e. The van der Waals surface area contributed by atoms with Gasteiger partial charge in [0.25, 0.3) is 0 Å². The zero-order chi connectivity index (χ0) is 12.7.